The van der Waals surface area contributed by atoms with Crippen molar-refractivity contribution in [2.45, 2.75) is 0 Å². The third kappa shape index (κ3) is 2.43. The van der Waals surface area contributed by atoms with E-state index in [9.17, 15) is 0 Å². The molecule has 2 aromatic carbocycles. The standard InChI is InChI=1S/C15H11O/c1-2-14-10-6-7-11-15(14)16-12-13-8-4-3-5-9-13/h1,3-12H. The van der Waals surface area contributed by atoms with Crippen LogP contribution >= 0.6 is 0 Å². The Bertz CT molecular complexity index is 494. The molecule has 0 saturated carbocycles. The van der Waals surface area contributed by atoms with Gasteiger partial charge in [0.05, 0.1) is 5.56 Å². The number of rotatable bonds is 3. The average Bonchev–Trinajstić information content (AvgIpc) is 2.38. The molecule has 0 aliphatic rings. The third-order valence-corrected chi connectivity index (χ3v) is 2.16. The van der Waals surface area contributed by atoms with Crippen LogP contribution in [0.25, 0.3) is 0 Å². The Morgan fingerprint density at radius 2 is 1.62 bits per heavy atom. The molecule has 0 aliphatic heterocycles. The Labute approximate surface area is 95.7 Å². The van der Waals surface area contributed by atoms with E-state index < -0.39 is 0 Å². The maximum atomic E-state index is 5.55. The number of para-hydroxylation sites is 1. The predicted octanol–water partition coefficient (Wildman–Crippen LogP) is 3.26. The zero-order valence-corrected chi connectivity index (χ0v) is 8.76. The molecule has 0 N–H and O–H groups in total. The second-order valence-corrected chi connectivity index (χ2v) is 3.29. The predicted molar refractivity (Wildman–Crippen MR) is 64.8 cm³/mol. The summed E-state index contributed by atoms with van der Waals surface area (Å²) < 4.78 is 5.55. The van der Waals surface area contributed by atoms with Crippen molar-refractivity contribution < 1.29 is 4.74 Å². The summed E-state index contributed by atoms with van der Waals surface area (Å²) in [5.74, 6) is 3.29. The van der Waals surface area contributed by atoms with Crippen LogP contribution < -0.4 is 4.74 Å². The summed E-state index contributed by atoms with van der Waals surface area (Å²) in [7, 11) is 0. The lowest BCUT2D eigenvalue weighted by Crippen LogP contribution is -1.93. The van der Waals surface area contributed by atoms with E-state index in [1.165, 1.54) is 0 Å². The van der Waals surface area contributed by atoms with Gasteiger partial charge in [-0.05, 0) is 17.7 Å². The van der Waals surface area contributed by atoms with Crippen molar-refractivity contribution in [3.8, 4) is 18.1 Å². The summed E-state index contributed by atoms with van der Waals surface area (Å²) in [5, 5.41) is 0. The molecule has 0 saturated heterocycles. The first-order valence-corrected chi connectivity index (χ1v) is 5.01. The highest BCUT2D eigenvalue weighted by atomic mass is 16.5. The fourth-order valence-corrected chi connectivity index (χ4v) is 1.35. The van der Waals surface area contributed by atoms with E-state index in [2.05, 4.69) is 5.92 Å². The molecule has 0 aromatic heterocycles. The molecule has 0 heterocycles. The van der Waals surface area contributed by atoms with Crippen LogP contribution in [-0.2, 0) is 0 Å². The van der Waals surface area contributed by atoms with Crippen molar-refractivity contribution in [3.63, 3.8) is 0 Å². The van der Waals surface area contributed by atoms with Gasteiger partial charge in [-0.2, -0.15) is 0 Å². The Kier molecular flexibility index (Phi) is 3.25. The lowest BCUT2D eigenvalue weighted by molar-refractivity contribution is 0.427. The number of terminal acetylenes is 1. The highest BCUT2D eigenvalue weighted by Gasteiger charge is 2.00. The second kappa shape index (κ2) is 5.04. The number of hydrogen-bond donors (Lipinski definition) is 0. The fraction of sp³-hybridized carbons (Fsp3) is 0. The maximum absolute atomic E-state index is 5.55. The van der Waals surface area contributed by atoms with Crippen LogP contribution in [0.1, 0.15) is 11.1 Å². The normalized spacial score (nSPS) is 9.44. The highest BCUT2D eigenvalue weighted by molar-refractivity contribution is 5.45. The zero-order chi connectivity index (χ0) is 11.2. The monoisotopic (exact) mass is 207 g/mol. The van der Waals surface area contributed by atoms with E-state index in [1.807, 2.05) is 54.6 Å². The van der Waals surface area contributed by atoms with Crippen LogP contribution in [0.2, 0.25) is 0 Å². The van der Waals surface area contributed by atoms with Crippen LogP contribution in [0.3, 0.4) is 0 Å². The SMILES string of the molecule is C#Cc1ccccc1O[CH]c1ccccc1. The molecule has 0 spiro atoms. The molecule has 0 atom stereocenters. The molecule has 1 radical (unpaired) electrons. The van der Waals surface area contributed by atoms with Crippen molar-refractivity contribution >= 4 is 0 Å². The van der Waals surface area contributed by atoms with Crippen molar-refractivity contribution in [1.82, 2.24) is 0 Å². The van der Waals surface area contributed by atoms with Crippen molar-refractivity contribution in [1.29, 1.82) is 0 Å². The van der Waals surface area contributed by atoms with Crippen LogP contribution in [0.15, 0.2) is 54.6 Å². The summed E-state index contributed by atoms with van der Waals surface area (Å²) in [6.45, 7) is 1.69. The Morgan fingerprint density at radius 1 is 0.938 bits per heavy atom. The molecule has 0 amide bonds. The minimum atomic E-state index is 0.703. The van der Waals surface area contributed by atoms with E-state index in [0.29, 0.717) is 5.75 Å². The summed E-state index contributed by atoms with van der Waals surface area (Å²) in [4.78, 5) is 0. The lowest BCUT2D eigenvalue weighted by atomic mass is 10.2. The first-order chi connectivity index (χ1) is 7.90. The molecule has 0 fully saturated rings. The van der Waals surface area contributed by atoms with Gasteiger partial charge in [0, 0.05) is 0 Å². The Morgan fingerprint density at radius 3 is 2.38 bits per heavy atom. The molecular formula is C15H11O. The van der Waals surface area contributed by atoms with Gasteiger partial charge in [-0.3, -0.25) is 0 Å². The van der Waals surface area contributed by atoms with Crippen LogP contribution in [0, 0.1) is 19.0 Å². The summed E-state index contributed by atoms with van der Waals surface area (Å²) >= 11 is 0. The molecule has 0 bridgehead atoms. The van der Waals surface area contributed by atoms with Crippen molar-refractivity contribution in [2.24, 2.45) is 0 Å². The van der Waals surface area contributed by atoms with Crippen LogP contribution in [-0.4, -0.2) is 0 Å². The summed E-state index contributed by atoms with van der Waals surface area (Å²) in [6, 6.07) is 17.3. The van der Waals surface area contributed by atoms with E-state index >= 15 is 0 Å². The van der Waals surface area contributed by atoms with Crippen molar-refractivity contribution in [3.05, 3.63) is 72.3 Å². The van der Waals surface area contributed by atoms with E-state index in [4.69, 9.17) is 11.2 Å². The number of hydrogen-bond acceptors (Lipinski definition) is 1. The Hall–Kier alpha value is -2.20. The fourth-order valence-electron chi connectivity index (χ4n) is 1.35. The molecule has 16 heavy (non-hydrogen) atoms. The van der Waals surface area contributed by atoms with Gasteiger partial charge < -0.3 is 4.74 Å². The minimum Gasteiger partial charge on any atom is -0.480 e. The highest BCUT2D eigenvalue weighted by Crippen LogP contribution is 2.18. The van der Waals surface area contributed by atoms with Gasteiger partial charge in [0.25, 0.3) is 0 Å². The zero-order valence-electron chi connectivity index (χ0n) is 8.76. The van der Waals surface area contributed by atoms with Gasteiger partial charge in [0.1, 0.15) is 5.75 Å². The van der Waals surface area contributed by atoms with Gasteiger partial charge >= 0.3 is 0 Å². The molecule has 1 heteroatoms. The van der Waals surface area contributed by atoms with Gasteiger partial charge in [-0.25, -0.2) is 0 Å². The largest absolute Gasteiger partial charge is 0.480 e. The summed E-state index contributed by atoms with van der Waals surface area (Å²) in [5.41, 5.74) is 1.77. The smallest absolute Gasteiger partial charge is 0.165 e. The number of benzene rings is 2. The van der Waals surface area contributed by atoms with E-state index in [-0.39, 0.29) is 0 Å². The molecule has 0 aliphatic carbocycles. The number of ether oxygens (including phenoxy) is 1. The van der Waals surface area contributed by atoms with Gasteiger partial charge in [-0.1, -0.05) is 48.4 Å². The second-order valence-electron chi connectivity index (χ2n) is 3.29. The first kappa shape index (κ1) is 10.3. The lowest BCUT2D eigenvalue weighted by Gasteiger charge is -2.06. The topological polar surface area (TPSA) is 9.23 Å². The summed E-state index contributed by atoms with van der Waals surface area (Å²) in [6.07, 6.45) is 5.38. The third-order valence-electron chi connectivity index (χ3n) is 2.16. The van der Waals surface area contributed by atoms with E-state index in [0.717, 1.165) is 11.1 Å². The Balaban J connectivity index is 2.09. The van der Waals surface area contributed by atoms with Crippen molar-refractivity contribution in [2.75, 3.05) is 0 Å². The first-order valence-electron chi connectivity index (χ1n) is 5.01. The maximum Gasteiger partial charge on any atom is 0.165 e. The van der Waals surface area contributed by atoms with Gasteiger partial charge in [0.2, 0.25) is 0 Å². The van der Waals surface area contributed by atoms with Crippen LogP contribution in [0.5, 0.6) is 5.75 Å². The van der Waals surface area contributed by atoms with E-state index in [1.54, 1.807) is 6.61 Å². The molecule has 2 rings (SSSR count). The minimum absolute atomic E-state index is 0.703. The van der Waals surface area contributed by atoms with Gasteiger partial charge in [-0.15, -0.1) is 6.42 Å². The molecule has 0 unspecified atom stereocenters. The van der Waals surface area contributed by atoms with Gasteiger partial charge in [0.15, 0.2) is 6.61 Å². The quantitative estimate of drug-likeness (QED) is 0.702. The van der Waals surface area contributed by atoms with Crippen LogP contribution in [0.4, 0.5) is 0 Å². The molecule has 77 valence electrons. The average molecular weight is 207 g/mol. The molecular weight excluding hydrogens is 196 g/mol. The molecule has 1 nitrogen and oxygen atoms in total. The molecule has 2 aromatic rings.